The maximum Gasteiger partial charge on any atom is 0.197 e. The van der Waals surface area contributed by atoms with Crippen LogP contribution >= 0.6 is 0 Å². The second-order valence-corrected chi connectivity index (χ2v) is 5.85. The van der Waals surface area contributed by atoms with Gasteiger partial charge in [0.1, 0.15) is 11.3 Å². The molecule has 0 saturated heterocycles. The fraction of sp³-hybridized carbons (Fsp3) is 0.250. The van der Waals surface area contributed by atoms with Gasteiger partial charge in [0.15, 0.2) is 5.78 Å². The van der Waals surface area contributed by atoms with Gasteiger partial charge in [0.2, 0.25) is 0 Å². The van der Waals surface area contributed by atoms with Crippen LogP contribution < -0.4 is 0 Å². The van der Waals surface area contributed by atoms with Gasteiger partial charge < -0.3 is 4.42 Å². The van der Waals surface area contributed by atoms with Crippen molar-refractivity contribution in [2.75, 3.05) is 0 Å². The van der Waals surface area contributed by atoms with Gasteiger partial charge >= 0.3 is 0 Å². The highest BCUT2D eigenvalue weighted by molar-refractivity contribution is 6.18. The number of hydrogen-bond donors (Lipinski definition) is 0. The molecule has 22 heavy (non-hydrogen) atoms. The fourth-order valence-electron chi connectivity index (χ4n) is 3.26. The molecule has 0 atom stereocenters. The van der Waals surface area contributed by atoms with E-state index in [4.69, 9.17) is 4.42 Å². The van der Waals surface area contributed by atoms with Crippen molar-refractivity contribution >= 4 is 16.8 Å². The van der Waals surface area contributed by atoms with E-state index in [9.17, 15) is 4.79 Å². The molecule has 0 radical (unpaired) electrons. The number of benzene rings is 2. The summed E-state index contributed by atoms with van der Waals surface area (Å²) in [6, 6.07) is 11.9. The van der Waals surface area contributed by atoms with Crippen LogP contribution in [0.2, 0.25) is 0 Å². The molecule has 112 valence electrons. The Labute approximate surface area is 130 Å². The Hall–Kier alpha value is -2.35. The Morgan fingerprint density at radius 1 is 1.00 bits per heavy atom. The topological polar surface area (TPSA) is 30.2 Å². The predicted molar refractivity (Wildman–Crippen MR) is 89.7 cm³/mol. The molecule has 0 amide bonds. The monoisotopic (exact) mass is 292 g/mol. The van der Waals surface area contributed by atoms with E-state index in [0.717, 1.165) is 33.4 Å². The minimum absolute atomic E-state index is 0.0665. The first-order chi connectivity index (χ1) is 10.5. The summed E-state index contributed by atoms with van der Waals surface area (Å²) in [5.41, 5.74) is 5.52. The van der Waals surface area contributed by atoms with Crippen LogP contribution in [-0.4, -0.2) is 5.78 Å². The summed E-state index contributed by atoms with van der Waals surface area (Å²) in [6.45, 7) is 8.07. The molecule has 0 aliphatic carbocycles. The first-order valence-electron chi connectivity index (χ1n) is 7.66. The van der Waals surface area contributed by atoms with Gasteiger partial charge in [0, 0.05) is 17.4 Å². The normalized spacial score (nSPS) is 11.1. The van der Waals surface area contributed by atoms with E-state index in [1.807, 2.05) is 45.0 Å². The number of aryl methyl sites for hydroxylation is 4. The van der Waals surface area contributed by atoms with Crippen LogP contribution in [0.5, 0.6) is 0 Å². The van der Waals surface area contributed by atoms with Gasteiger partial charge in [-0.1, -0.05) is 42.8 Å². The van der Waals surface area contributed by atoms with Crippen molar-refractivity contribution in [3.63, 3.8) is 0 Å². The summed E-state index contributed by atoms with van der Waals surface area (Å²) in [5.74, 6) is 0.836. The van der Waals surface area contributed by atoms with Crippen LogP contribution in [0.1, 0.15) is 45.3 Å². The summed E-state index contributed by atoms with van der Waals surface area (Å²) in [6.07, 6.45) is 0.708. The number of carbonyl (C=O) groups excluding carboxylic acids is 1. The third kappa shape index (κ3) is 2.25. The lowest BCUT2D eigenvalue weighted by Gasteiger charge is -2.10. The Kier molecular flexibility index (Phi) is 3.61. The SMILES string of the molecule is CCc1oc2ccccc2c1C(=O)c1c(C)cc(C)cc1C. The van der Waals surface area contributed by atoms with Crippen LogP contribution in [0.4, 0.5) is 0 Å². The highest BCUT2D eigenvalue weighted by atomic mass is 16.3. The van der Waals surface area contributed by atoms with E-state index in [1.165, 1.54) is 5.56 Å². The molecule has 3 rings (SSSR count). The molecule has 1 heterocycles. The lowest BCUT2D eigenvalue weighted by molar-refractivity contribution is 0.103. The van der Waals surface area contributed by atoms with Crippen LogP contribution in [0, 0.1) is 20.8 Å². The van der Waals surface area contributed by atoms with Crippen molar-refractivity contribution in [2.24, 2.45) is 0 Å². The average Bonchev–Trinajstić information content (AvgIpc) is 2.84. The lowest BCUT2D eigenvalue weighted by atomic mass is 9.91. The molecule has 0 aliphatic rings. The van der Waals surface area contributed by atoms with Gasteiger partial charge in [-0.3, -0.25) is 4.79 Å². The molecule has 0 saturated carbocycles. The Bertz CT molecular complexity index is 846. The number of carbonyl (C=O) groups is 1. The zero-order valence-electron chi connectivity index (χ0n) is 13.5. The Balaban J connectivity index is 2.26. The molecule has 0 fully saturated rings. The highest BCUT2D eigenvalue weighted by Crippen LogP contribution is 2.30. The first-order valence-corrected chi connectivity index (χ1v) is 7.66. The van der Waals surface area contributed by atoms with Crippen LogP contribution in [0.15, 0.2) is 40.8 Å². The van der Waals surface area contributed by atoms with Crippen molar-refractivity contribution in [1.82, 2.24) is 0 Å². The fourth-order valence-corrected chi connectivity index (χ4v) is 3.26. The van der Waals surface area contributed by atoms with E-state index < -0.39 is 0 Å². The minimum atomic E-state index is 0.0665. The van der Waals surface area contributed by atoms with E-state index >= 15 is 0 Å². The summed E-state index contributed by atoms with van der Waals surface area (Å²) >= 11 is 0. The molecular formula is C20H20O2. The van der Waals surface area contributed by atoms with Gasteiger partial charge in [-0.05, 0) is 38.0 Å². The number of rotatable bonds is 3. The average molecular weight is 292 g/mol. The van der Waals surface area contributed by atoms with Gasteiger partial charge in [0.05, 0.1) is 5.56 Å². The minimum Gasteiger partial charge on any atom is -0.460 e. The molecule has 0 N–H and O–H groups in total. The quantitative estimate of drug-likeness (QED) is 0.625. The maximum atomic E-state index is 13.2. The summed E-state index contributed by atoms with van der Waals surface area (Å²) in [4.78, 5) is 13.2. The summed E-state index contributed by atoms with van der Waals surface area (Å²) in [5, 5.41) is 0.906. The van der Waals surface area contributed by atoms with Gasteiger partial charge in [-0.15, -0.1) is 0 Å². The molecule has 2 heteroatoms. The molecule has 0 unspecified atom stereocenters. The number of para-hydroxylation sites is 1. The molecule has 0 aliphatic heterocycles. The Morgan fingerprint density at radius 2 is 1.64 bits per heavy atom. The van der Waals surface area contributed by atoms with Gasteiger partial charge in [-0.2, -0.15) is 0 Å². The standard InChI is InChI=1S/C20H20O2/c1-5-16-19(15-8-6-7-9-17(15)22-16)20(21)18-13(3)10-12(2)11-14(18)4/h6-11H,5H2,1-4H3. The van der Waals surface area contributed by atoms with E-state index in [0.29, 0.717) is 12.0 Å². The van der Waals surface area contributed by atoms with E-state index in [-0.39, 0.29) is 5.78 Å². The largest absolute Gasteiger partial charge is 0.460 e. The van der Waals surface area contributed by atoms with Crippen molar-refractivity contribution in [3.05, 3.63) is 70.0 Å². The number of fused-ring (bicyclic) bond motifs is 1. The van der Waals surface area contributed by atoms with Crippen molar-refractivity contribution < 1.29 is 9.21 Å². The van der Waals surface area contributed by atoms with Crippen LogP contribution in [0.3, 0.4) is 0 Å². The third-order valence-electron chi connectivity index (χ3n) is 4.12. The lowest BCUT2D eigenvalue weighted by Crippen LogP contribution is -2.08. The van der Waals surface area contributed by atoms with Crippen molar-refractivity contribution in [1.29, 1.82) is 0 Å². The molecule has 2 aromatic carbocycles. The second-order valence-electron chi connectivity index (χ2n) is 5.85. The highest BCUT2D eigenvalue weighted by Gasteiger charge is 2.23. The molecular weight excluding hydrogens is 272 g/mol. The third-order valence-corrected chi connectivity index (χ3v) is 4.12. The zero-order chi connectivity index (χ0) is 15.9. The van der Waals surface area contributed by atoms with Gasteiger partial charge in [0.25, 0.3) is 0 Å². The molecule has 3 aromatic rings. The summed E-state index contributed by atoms with van der Waals surface area (Å²) < 4.78 is 5.87. The first kappa shape index (κ1) is 14.6. The zero-order valence-corrected chi connectivity index (χ0v) is 13.5. The molecule has 1 aromatic heterocycles. The van der Waals surface area contributed by atoms with E-state index in [1.54, 1.807) is 0 Å². The van der Waals surface area contributed by atoms with Crippen molar-refractivity contribution in [3.8, 4) is 0 Å². The molecule has 0 spiro atoms. The van der Waals surface area contributed by atoms with E-state index in [2.05, 4.69) is 19.1 Å². The van der Waals surface area contributed by atoms with Crippen LogP contribution in [-0.2, 0) is 6.42 Å². The smallest absolute Gasteiger partial charge is 0.197 e. The molecule has 0 bridgehead atoms. The number of hydrogen-bond acceptors (Lipinski definition) is 2. The number of ketones is 1. The second kappa shape index (κ2) is 5.45. The molecule has 2 nitrogen and oxygen atoms in total. The maximum absolute atomic E-state index is 13.2. The van der Waals surface area contributed by atoms with Gasteiger partial charge in [-0.25, -0.2) is 0 Å². The summed E-state index contributed by atoms with van der Waals surface area (Å²) in [7, 11) is 0. The van der Waals surface area contributed by atoms with Crippen LogP contribution in [0.25, 0.3) is 11.0 Å². The van der Waals surface area contributed by atoms with Crippen molar-refractivity contribution in [2.45, 2.75) is 34.1 Å². The Morgan fingerprint density at radius 3 is 2.27 bits per heavy atom. The predicted octanol–water partition coefficient (Wildman–Crippen LogP) is 5.15. The number of furan rings is 1.